The Bertz CT molecular complexity index is 1240. The van der Waals surface area contributed by atoms with Crippen LogP contribution in [0.4, 0.5) is 5.69 Å². The minimum Gasteiger partial charge on any atom is -0.494 e. The molecular formula is C27H32N2O4S. The molecule has 180 valence electrons. The van der Waals surface area contributed by atoms with Gasteiger partial charge in [-0.05, 0) is 74.1 Å². The number of amides is 1. The zero-order valence-electron chi connectivity index (χ0n) is 20.1. The Labute approximate surface area is 202 Å². The number of rotatable bonds is 10. The minimum absolute atomic E-state index is 0.0875. The quantitative estimate of drug-likeness (QED) is 0.437. The zero-order valence-corrected chi connectivity index (χ0v) is 20.9. The molecule has 7 heteroatoms. The number of aryl methyl sites for hydroxylation is 3. The van der Waals surface area contributed by atoms with Gasteiger partial charge in [0.25, 0.3) is 0 Å². The summed E-state index contributed by atoms with van der Waals surface area (Å²) in [6.45, 7) is 8.10. The summed E-state index contributed by atoms with van der Waals surface area (Å²) in [5, 5.41) is 2.98. The third-order valence-electron chi connectivity index (χ3n) is 5.64. The lowest BCUT2D eigenvalue weighted by molar-refractivity contribution is -0.117. The molecule has 0 aliphatic heterocycles. The number of anilines is 1. The number of hydrogen-bond donors (Lipinski definition) is 2. The summed E-state index contributed by atoms with van der Waals surface area (Å²) in [5.41, 5.74) is 4.21. The van der Waals surface area contributed by atoms with E-state index in [0.29, 0.717) is 17.9 Å². The van der Waals surface area contributed by atoms with Crippen LogP contribution in [-0.2, 0) is 27.7 Å². The van der Waals surface area contributed by atoms with Crippen molar-refractivity contribution in [1.82, 2.24) is 4.72 Å². The molecule has 0 aliphatic rings. The maximum Gasteiger partial charge on any atom is 0.242 e. The molecule has 3 rings (SSSR count). The molecule has 2 N–H and O–H groups in total. The van der Waals surface area contributed by atoms with Crippen LogP contribution >= 0.6 is 0 Å². The maximum absolute atomic E-state index is 13.4. The van der Waals surface area contributed by atoms with Crippen molar-refractivity contribution in [1.29, 1.82) is 0 Å². The molecule has 0 saturated carbocycles. The van der Waals surface area contributed by atoms with Crippen molar-refractivity contribution in [2.24, 2.45) is 0 Å². The third-order valence-corrected chi connectivity index (χ3v) is 7.11. The number of carbonyl (C=O) groups is 1. The second kappa shape index (κ2) is 11.3. The summed E-state index contributed by atoms with van der Waals surface area (Å²) in [6, 6.07) is 18.9. The standard InChI is InChI=1S/C27H32N2O4S/c1-5-22-14-10-11-19(3)26(22)28-27(30)24(18-21-12-8-7-9-13-21)29-34(31,32)23-15-16-25(33-6-2)20(4)17-23/h7-17,24,29H,5-6,18H2,1-4H3,(H,28,30). The SMILES string of the molecule is CCOc1ccc(S(=O)(=O)NC(Cc2ccccc2)C(=O)Nc2c(C)cccc2CC)cc1C. The predicted molar refractivity (Wildman–Crippen MR) is 136 cm³/mol. The molecule has 0 aromatic heterocycles. The lowest BCUT2D eigenvalue weighted by Crippen LogP contribution is -2.45. The van der Waals surface area contributed by atoms with Crippen LogP contribution in [0, 0.1) is 13.8 Å². The van der Waals surface area contributed by atoms with Crippen LogP contribution in [0.25, 0.3) is 0 Å². The first-order chi connectivity index (χ1) is 16.2. The number of ether oxygens (including phenoxy) is 1. The molecule has 0 saturated heterocycles. The Morgan fingerprint density at radius 3 is 2.32 bits per heavy atom. The highest BCUT2D eigenvalue weighted by Gasteiger charge is 2.27. The summed E-state index contributed by atoms with van der Waals surface area (Å²) in [6.07, 6.45) is 0.965. The highest BCUT2D eigenvalue weighted by Crippen LogP contribution is 2.24. The Morgan fingerprint density at radius 1 is 0.941 bits per heavy atom. The van der Waals surface area contributed by atoms with Gasteiger partial charge in [-0.3, -0.25) is 4.79 Å². The first-order valence-corrected chi connectivity index (χ1v) is 12.9. The van der Waals surface area contributed by atoms with Gasteiger partial charge in [0.2, 0.25) is 15.9 Å². The second-order valence-corrected chi connectivity index (χ2v) is 9.89. The van der Waals surface area contributed by atoms with E-state index in [-0.39, 0.29) is 11.3 Å². The van der Waals surface area contributed by atoms with E-state index < -0.39 is 22.0 Å². The van der Waals surface area contributed by atoms with E-state index in [1.54, 1.807) is 19.1 Å². The van der Waals surface area contributed by atoms with E-state index in [1.165, 1.54) is 6.07 Å². The number of para-hydroxylation sites is 1. The molecule has 0 heterocycles. The Hall–Kier alpha value is -3.16. The van der Waals surface area contributed by atoms with Gasteiger partial charge in [0.15, 0.2) is 0 Å². The van der Waals surface area contributed by atoms with Crippen molar-refractivity contribution >= 4 is 21.6 Å². The van der Waals surface area contributed by atoms with Crippen molar-refractivity contribution in [3.63, 3.8) is 0 Å². The van der Waals surface area contributed by atoms with Crippen molar-refractivity contribution in [2.75, 3.05) is 11.9 Å². The van der Waals surface area contributed by atoms with E-state index in [9.17, 15) is 13.2 Å². The van der Waals surface area contributed by atoms with Gasteiger partial charge in [-0.25, -0.2) is 8.42 Å². The predicted octanol–water partition coefficient (Wildman–Crippen LogP) is 4.79. The van der Waals surface area contributed by atoms with Crippen molar-refractivity contribution in [3.8, 4) is 5.75 Å². The highest BCUT2D eigenvalue weighted by atomic mass is 32.2. The van der Waals surface area contributed by atoms with Gasteiger partial charge >= 0.3 is 0 Å². The Kier molecular flexibility index (Phi) is 8.47. The fraction of sp³-hybridized carbons (Fsp3) is 0.296. The molecular weight excluding hydrogens is 448 g/mol. The molecule has 1 amide bonds. The van der Waals surface area contributed by atoms with Gasteiger partial charge in [0.05, 0.1) is 11.5 Å². The van der Waals surface area contributed by atoms with Crippen molar-refractivity contribution in [3.05, 3.63) is 89.0 Å². The van der Waals surface area contributed by atoms with Crippen LogP contribution in [0.1, 0.15) is 36.1 Å². The second-order valence-electron chi connectivity index (χ2n) is 8.18. The number of nitrogens with one attached hydrogen (secondary N) is 2. The average Bonchev–Trinajstić information content (AvgIpc) is 2.81. The molecule has 0 aliphatic carbocycles. The molecule has 0 radical (unpaired) electrons. The summed E-state index contributed by atoms with van der Waals surface area (Å²) in [5.74, 6) is 0.228. The molecule has 6 nitrogen and oxygen atoms in total. The number of carbonyl (C=O) groups excluding carboxylic acids is 1. The number of sulfonamides is 1. The normalized spacial score (nSPS) is 12.2. The summed E-state index contributed by atoms with van der Waals surface area (Å²) < 4.78 is 34.7. The molecule has 0 spiro atoms. The first-order valence-electron chi connectivity index (χ1n) is 11.4. The molecule has 1 unspecified atom stereocenters. The van der Waals surface area contributed by atoms with E-state index in [2.05, 4.69) is 10.0 Å². The maximum atomic E-state index is 13.4. The van der Waals surface area contributed by atoms with Gasteiger partial charge in [-0.15, -0.1) is 0 Å². The van der Waals surface area contributed by atoms with Crippen molar-refractivity contribution in [2.45, 2.75) is 51.5 Å². The van der Waals surface area contributed by atoms with Crippen LogP contribution in [-0.4, -0.2) is 27.0 Å². The monoisotopic (exact) mass is 480 g/mol. The minimum atomic E-state index is -3.96. The van der Waals surface area contributed by atoms with Crippen LogP contribution in [0.2, 0.25) is 0 Å². The molecule has 1 atom stereocenters. The van der Waals surface area contributed by atoms with E-state index in [0.717, 1.165) is 28.8 Å². The van der Waals surface area contributed by atoms with Crippen LogP contribution in [0.15, 0.2) is 71.6 Å². The largest absolute Gasteiger partial charge is 0.494 e. The lowest BCUT2D eigenvalue weighted by Gasteiger charge is -2.21. The summed E-state index contributed by atoms with van der Waals surface area (Å²) in [7, 11) is -3.96. The molecule has 3 aromatic rings. The zero-order chi connectivity index (χ0) is 24.7. The lowest BCUT2D eigenvalue weighted by atomic mass is 10.0. The molecule has 34 heavy (non-hydrogen) atoms. The summed E-state index contributed by atoms with van der Waals surface area (Å²) in [4.78, 5) is 13.5. The fourth-order valence-corrected chi connectivity index (χ4v) is 5.09. The number of hydrogen-bond acceptors (Lipinski definition) is 4. The van der Waals surface area contributed by atoms with Crippen molar-refractivity contribution < 1.29 is 17.9 Å². The molecule has 0 fully saturated rings. The highest BCUT2D eigenvalue weighted by molar-refractivity contribution is 7.89. The third kappa shape index (κ3) is 6.24. The topological polar surface area (TPSA) is 84.5 Å². The Balaban J connectivity index is 1.92. The Morgan fingerprint density at radius 2 is 1.68 bits per heavy atom. The fourth-order valence-electron chi connectivity index (χ4n) is 3.81. The van der Waals surface area contributed by atoms with E-state index in [4.69, 9.17) is 4.74 Å². The van der Waals surface area contributed by atoms with Gasteiger partial charge in [-0.2, -0.15) is 4.72 Å². The average molecular weight is 481 g/mol. The van der Waals surface area contributed by atoms with Crippen LogP contribution in [0.5, 0.6) is 5.75 Å². The number of benzene rings is 3. The van der Waals surface area contributed by atoms with Crippen LogP contribution < -0.4 is 14.8 Å². The summed E-state index contributed by atoms with van der Waals surface area (Å²) >= 11 is 0. The first kappa shape index (κ1) is 25.5. The van der Waals surface area contributed by atoms with E-state index in [1.807, 2.05) is 69.3 Å². The van der Waals surface area contributed by atoms with E-state index >= 15 is 0 Å². The smallest absolute Gasteiger partial charge is 0.242 e. The van der Waals surface area contributed by atoms with Gasteiger partial charge in [0, 0.05) is 5.69 Å². The molecule has 3 aromatic carbocycles. The molecule has 0 bridgehead atoms. The van der Waals surface area contributed by atoms with Gasteiger partial charge in [-0.1, -0.05) is 55.5 Å². The van der Waals surface area contributed by atoms with Crippen LogP contribution in [0.3, 0.4) is 0 Å². The van der Waals surface area contributed by atoms with Gasteiger partial charge < -0.3 is 10.1 Å². The van der Waals surface area contributed by atoms with Gasteiger partial charge in [0.1, 0.15) is 11.8 Å².